The lowest BCUT2D eigenvalue weighted by molar-refractivity contribution is 0.0799. The normalized spacial score (nSPS) is 18.3. The Kier molecular flexibility index (Phi) is 3.80. The number of phenolic OH excluding ortho intramolecular Hbond substituents is 1. The Balaban J connectivity index is 1.78. The minimum absolute atomic E-state index is 0.216. The van der Waals surface area contributed by atoms with E-state index in [1.165, 1.54) is 12.1 Å². The zero-order valence-corrected chi connectivity index (χ0v) is 11.9. The molecule has 0 aromatic heterocycles. The number of phenols is 1. The first-order valence-corrected chi connectivity index (χ1v) is 7.03. The summed E-state index contributed by atoms with van der Waals surface area (Å²) in [5.41, 5.74) is 1.91. The molecule has 0 radical (unpaired) electrons. The van der Waals surface area contributed by atoms with Crippen molar-refractivity contribution >= 4 is 0 Å². The monoisotopic (exact) mass is 287 g/mol. The van der Waals surface area contributed by atoms with Gasteiger partial charge in [-0.25, -0.2) is 4.39 Å². The molecule has 1 aliphatic heterocycles. The molecule has 1 fully saturated rings. The number of nitrogens with zero attached hydrogens (tertiary/aromatic N) is 1. The first kappa shape index (κ1) is 13.9. The van der Waals surface area contributed by atoms with Gasteiger partial charge in [0, 0.05) is 24.7 Å². The summed E-state index contributed by atoms with van der Waals surface area (Å²) in [6.45, 7) is 1.58. The fourth-order valence-electron chi connectivity index (χ4n) is 2.80. The average molecular weight is 287 g/mol. The summed E-state index contributed by atoms with van der Waals surface area (Å²) in [6.07, 6.45) is 1.04. The summed E-state index contributed by atoms with van der Waals surface area (Å²) in [7, 11) is 1.60. The Hall–Kier alpha value is -2.07. The molecule has 1 aliphatic rings. The Labute approximate surface area is 123 Å². The molecule has 1 atom stereocenters. The Morgan fingerprint density at radius 1 is 1.24 bits per heavy atom. The van der Waals surface area contributed by atoms with Crippen molar-refractivity contribution in [2.45, 2.75) is 19.0 Å². The van der Waals surface area contributed by atoms with Gasteiger partial charge in [0.15, 0.2) is 0 Å². The number of hydrogen-bond donors (Lipinski definition) is 1. The maximum absolute atomic E-state index is 13.0. The minimum Gasteiger partial charge on any atom is -0.507 e. The molecule has 2 aromatic carbocycles. The smallest absolute Gasteiger partial charge is 0.127 e. The van der Waals surface area contributed by atoms with Crippen molar-refractivity contribution < 1.29 is 14.2 Å². The topological polar surface area (TPSA) is 32.7 Å². The van der Waals surface area contributed by atoms with E-state index in [0.717, 1.165) is 24.1 Å². The zero-order chi connectivity index (χ0) is 14.8. The van der Waals surface area contributed by atoms with Gasteiger partial charge in [-0.05, 0) is 36.2 Å². The molecule has 0 unspecified atom stereocenters. The third kappa shape index (κ3) is 2.72. The summed E-state index contributed by atoms with van der Waals surface area (Å²) in [5.74, 6) is 0.728. The first-order chi connectivity index (χ1) is 10.2. The van der Waals surface area contributed by atoms with Crippen LogP contribution in [-0.2, 0) is 6.54 Å². The van der Waals surface area contributed by atoms with Crippen LogP contribution in [0.3, 0.4) is 0 Å². The van der Waals surface area contributed by atoms with Gasteiger partial charge < -0.3 is 9.84 Å². The number of hydrogen-bond acceptors (Lipinski definition) is 3. The number of methoxy groups -OCH3 is 1. The summed E-state index contributed by atoms with van der Waals surface area (Å²) in [6, 6.07) is 12.2. The molecule has 0 saturated carbocycles. The van der Waals surface area contributed by atoms with Crippen LogP contribution in [0.4, 0.5) is 4.39 Å². The van der Waals surface area contributed by atoms with Gasteiger partial charge in [-0.3, -0.25) is 4.90 Å². The molecule has 0 bridgehead atoms. The second-order valence-corrected chi connectivity index (χ2v) is 5.28. The molecule has 110 valence electrons. The number of rotatable bonds is 4. The molecule has 1 N–H and O–H groups in total. The van der Waals surface area contributed by atoms with Crippen LogP contribution < -0.4 is 4.74 Å². The number of benzene rings is 2. The van der Waals surface area contributed by atoms with Crippen LogP contribution in [0.2, 0.25) is 0 Å². The predicted molar refractivity (Wildman–Crippen MR) is 78.8 cm³/mol. The summed E-state index contributed by atoms with van der Waals surface area (Å²) >= 11 is 0. The maximum atomic E-state index is 13.0. The van der Waals surface area contributed by atoms with E-state index in [2.05, 4.69) is 4.90 Å². The molecule has 0 amide bonds. The van der Waals surface area contributed by atoms with Crippen LogP contribution in [-0.4, -0.2) is 23.7 Å². The van der Waals surface area contributed by atoms with E-state index in [0.29, 0.717) is 12.3 Å². The van der Waals surface area contributed by atoms with Gasteiger partial charge in [-0.1, -0.05) is 18.2 Å². The van der Waals surface area contributed by atoms with Crippen molar-refractivity contribution in [3.05, 3.63) is 59.4 Å². The molecule has 4 heteroatoms. The number of halogens is 1. The number of aromatic hydroxyl groups is 1. The minimum atomic E-state index is -0.216. The molecule has 21 heavy (non-hydrogen) atoms. The fourth-order valence-corrected chi connectivity index (χ4v) is 2.80. The van der Waals surface area contributed by atoms with Gasteiger partial charge in [-0.2, -0.15) is 0 Å². The third-order valence-corrected chi connectivity index (χ3v) is 4.07. The van der Waals surface area contributed by atoms with E-state index in [9.17, 15) is 9.50 Å². The lowest BCUT2D eigenvalue weighted by Crippen LogP contribution is -2.40. The van der Waals surface area contributed by atoms with Crippen LogP contribution >= 0.6 is 0 Å². The molecule has 1 heterocycles. The molecule has 1 saturated heterocycles. The van der Waals surface area contributed by atoms with Crippen molar-refractivity contribution in [3.63, 3.8) is 0 Å². The van der Waals surface area contributed by atoms with Gasteiger partial charge >= 0.3 is 0 Å². The molecule has 3 rings (SSSR count). The molecular weight excluding hydrogens is 269 g/mol. The highest BCUT2D eigenvalue weighted by Crippen LogP contribution is 2.38. The van der Waals surface area contributed by atoms with Crippen LogP contribution in [0.25, 0.3) is 0 Å². The summed E-state index contributed by atoms with van der Waals surface area (Å²) in [4.78, 5) is 2.25. The van der Waals surface area contributed by atoms with Gasteiger partial charge in [0.25, 0.3) is 0 Å². The van der Waals surface area contributed by atoms with E-state index in [1.807, 2.05) is 18.2 Å². The average Bonchev–Trinajstić information content (AvgIpc) is 2.46. The van der Waals surface area contributed by atoms with Gasteiger partial charge in [-0.15, -0.1) is 0 Å². The maximum Gasteiger partial charge on any atom is 0.127 e. The largest absolute Gasteiger partial charge is 0.507 e. The summed E-state index contributed by atoms with van der Waals surface area (Å²) in [5, 5.41) is 10.0. The number of likely N-dealkylation sites (tertiary alicyclic amines) is 1. The van der Waals surface area contributed by atoms with Crippen LogP contribution in [0.15, 0.2) is 42.5 Å². The van der Waals surface area contributed by atoms with Gasteiger partial charge in [0.2, 0.25) is 0 Å². The second kappa shape index (κ2) is 5.74. The van der Waals surface area contributed by atoms with Gasteiger partial charge in [0.1, 0.15) is 17.3 Å². The Bertz CT molecular complexity index is 627. The quantitative estimate of drug-likeness (QED) is 0.934. The third-order valence-electron chi connectivity index (χ3n) is 4.07. The van der Waals surface area contributed by atoms with Crippen molar-refractivity contribution in [1.29, 1.82) is 0 Å². The van der Waals surface area contributed by atoms with Crippen molar-refractivity contribution in [2.24, 2.45) is 0 Å². The van der Waals surface area contributed by atoms with Crippen molar-refractivity contribution in [3.8, 4) is 11.5 Å². The Morgan fingerprint density at radius 3 is 2.62 bits per heavy atom. The van der Waals surface area contributed by atoms with E-state index < -0.39 is 0 Å². The van der Waals surface area contributed by atoms with E-state index in [1.54, 1.807) is 19.2 Å². The predicted octanol–water partition coefficient (Wildman–Crippen LogP) is 3.49. The lowest BCUT2D eigenvalue weighted by atomic mass is 9.94. The van der Waals surface area contributed by atoms with Crippen molar-refractivity contribution in [1.82, 2.24) is 4.90 Å². The number of ether oxygens (including phenoxy) is 1. The molecular formula is C17H18FNO2. The van der Waals surface area contributed by atoms with Crippen molar-refractivity contribution in [2.75, 3.05) is 13.7 Å². The van der Waals surface area contributed by atoms with Crippen LogP contribution in [0.5, 0.6) is 11.5 Å². The van der Waals surface area contributed by atoms with Crippen LogP contribution in [0.1, 0.15) is 23.6 Å². The van der Waals surface area contributed by atoms with Gasteiger partial charge in [0.05, 0.1) is 7.11 Å². The zero-order valence-electron chi connectivity index (χ0n) is 11.9. The van der Waals surface area contributed by atoms with E-state index in [4.69, 9.17) is 4.74 Å². The van der Waals surface area contributed by atoms with E-state index in [-0.39, 0.29) is 17.6 Å². The molecule has 0 aliphatic carbocycles. The first-order valence-electron chi connectivity index (χ1n) is 7.03. The SMILES string of the molecule is COc1cccc(O)c1CN1CC[C@@H]1c1ccc(F)cc1. The molecule has 3 nitrogen and oxygen atoms in total. The fraction of sp³-hybridized carbons (Fsp3) is 0.294. The van der Waals surface area contributed by atoms with E-state index >= 15 is 0 Å². The highest BCUT2D eigenvalue weighted by atomic mass is 19.1. The standard InChI is InChI=1S/C17H18FNO2/c1-21-17-4-2-3-16(20)14(17)11-19-10-9-15(19)12-5-7-13(18)8-6-12/h2-8,15,20H,9-11H2,1H3/t15-/m1/s1. The molecule has 0 spiro atoms. The highest BCUT2D eigenvalue weighted by Gasteiger charge is 2.30. The summed E-state index contributed by atoms with van der Waals surface area (Å²) < 4.78 is 18.3. The Morgan fingerprint density at radius 2 is 2.00 bits per heavy atom. The second-order valence-electron chi connectivity index (χ2n) is 5.28. The highest BCUT2D eigenvalue weighted by molar-refractivity contribution is 5.44. The lowest BCUT2D eigenvalue weighted by Gasteiger charge is -2.41. The van der Waals surface area contributed by atoms with Crippen LogP contribution in [0, 0.1) is 5.82 Å². The molecule has 2 aromatic rings.